The normalized spacial score (nSPS) is 18.8. The molecule has 20 heavy (non-hydrogen) atoms. The van der Waals surface area contributed by atoms with Crippen LogP contribution < -0.4 is 11.5 Å². The first-order chi connectivity index (χ1) is 9.51. The molecule has 108 valence electrons. The van der Waals surface area contributed by atoms with Gasteiger partial charge in [-0.05, 0) is 44.4 Å². The predicted octanol–water partition coefficient (Wildman–Crippen LogP) is 3.29. The van der Waals surface area contributed by atoms with Crippen LogP contribution in [0.5, 0.6) is 0 Å². The van der Waals surface area contributed by atoms with Crippen molar-refractivity contribution in [2.75, 3.05) is 0 Å². The number of fused-ring (bicyclic) bond motifs is 1. The molecule has 4 nitrogen and oxygen atoms in total. The highest BCUT2D eigenvalue weighted by Crippen LogP contribution is 2.36. The third-order valence-electron chi connectivity index (χ3n) is 4.45. The Labute approximate surface area is 118 Å². The molecular formula is C16H22N2O2. The van der Waals surface area contributed by atoms with Gasteiger partial charge in [0.05, 0.1) is 5.52 Å². The Morgan fingerprint density at radius 1 is 1.25 bits per heavy atom. The summed E-state index contributed by atoms with van der Waals surface area (Å²) in [5.41, 5.74) is 8.97. The minimum absolute atomic E-state index is 0.0825. The van der Waals surface area contributed by atoms with Crippen molar-refractivity contribution in [1.82, 2.24) is 4.57 Å². The summed E-state index contributed by atoms with van der Waals surface area (Å²) in [7, 11) is 0. The second-order valence-corrected chi connectivity index (χ2v) is 6.23. The van der Waals surface area contributed by atoms with E-state index in [0.29, 0.717) is 5.58 Å². The van der Waals surface area contributed by atoms with Gasteiger partial charge in [0, 0.05) is 11.6 Å². The van der Waals surface area contributed by atoms with E-state index in [1.165, 1.54) is 19.3 Å². The van der Waals surface area contributed by atoms with E-state index in [4.69, 9.17) is 10.2 Å². The van der Waals surface area contributed by atoms with E-state index in [-0.39, 0.29) is 17.3 Å². The maximum absolute atomic E-state index is 11.9. The van der Waals surface area contributed by atoms with Crippen LogP contribution in [-0.2, 0) is 5.54 Å². The number of nitrogens with two attached hydrogens (primary N) is 1. The molecule has 1 heterocycles. The van der Waals surface area contributed by atoms with Crippen molar-refractivity contribution in [2.24, 2.45) is 5.73 Å². The summed E-state index contributed by atoms with van der Waals surface area (Å²) in [5.74, 6) is -0.290. The Kier molecular flexibility index (Phi) is 3.21. The van der Waals surface area contributed by atoms with Crippen LogP contribution in [0, 0.1) is 0 Å². The van der Waals surface area contributed by atoms with Gasteiger partial charge in [0.15, 0.2) is 5.58 Å². The maximum Gasteiger partial charge on any atom is 0.420 e. The van der Waals surface area contributed by atoms with Crippen LogP contribution in [0.1, 0.15) is 57.6 Å². The van der Waals surface area contributed by atoms with E-state index in [2.05, 4.69) is 0 Å². The molecule has 1 aliphatic carbocycles. The third kappa shape index (κ3) is 2.08. The first-order valence-corrected chi connectivity index (χ1v) is 7.46. The van der Waals surface area contributed by atoms with Crippen LogP contribution in [0.15, 0.2) is 27.4 Å². The van der Waals surface area contributed by atoms with Crippen molar-refractivity contribution in [2.45, 2.75) is 57.5 Å². The molecule has 0 aliphatic heterocycles. The first kappa shape index (κ1) is 13.4. The number of hydrogen-bond donors (Lipinski definition) is 1. The van der Waals surface area contributed by atoms with Gasteiger partial charge in [-0.25, -0.2) is 4.79 Å². The Hall–Kier alpha value is -1.55. The van der Waals surface area contributed by atoms with E-state index in [1.807, 2.05) is 32.0 Å². The largest absolute Gasteiger partial charge is 0.420 e. The lowest BCUT2D eigenvalue weighted by Crippen LogP contribution is -2.38. The van der Waals surface area contributed by atoms with Gasteiger partial charge >= 0.3 is 5.76 Å². The van der Waals surface area contributed by atoms with Crippen molar-refractivity contribution in [3.05, 3.63) is 34.3 Å². The molecule has 1 saturated carbocycles. The Bertz CT molecular complexity index is 675. The summed E-state index contributed by atoms with van der Waals surface area (Å²) in [5, 5.41) is 0. The van der Waals surface area contributed by atoms with Gasteiger partial charge in [-0.2, -0.15) is 0 Å². The van der Waals surface area contributed by atoms with Gasteiger partial charge < -0.3 is 10.2 Å². The molecule has 0 unspecified atom stereocenters. The van der Waals surface area contributed by atoms with E-state index in [0.717, 1.165) is 23.9 Å². The van der Waals surface area contributed by atoms with Crippen molar-refractivity contribution < 1.29 is 4.42 Å². The van der Waals surface area contributed by atoms with Crippen LogP contribution in [0.2, 0.25) is 0 Å². The van der Waals surface area contributed by atoms with Gasteiger partial charge in [0.25, 0.3) is 0 Å². The molecular weight excluding hydrogens is 252 g/mol. The molecule has 1 aromatic heterocycles. The zero-order valence-electron chi connectivity index (χ0n) is 12.2. The Morgan fingerprint density at radius 3 is 2.60 bits per heavy atom. The lowest BCUT2D eigenvalue weighted by Gasteiger charge is -2.34. The number of benzene rings is 1. The molecule has 3 rings (SSSR count). The lowest BCUT2D eigenvalue weighted by atomic mass is 9.77. The standard InChI is InChI=1S/C16H22N2O2/c1-11(2)18-13-10-12(6-7-14(13)20-15(18)19)16(17)8-4-3-5-9-16/h6-7,10-11H,3-5,8-9,17H2,1-2H3. The minimum Gasteiger partial charge on any atom is -0.408 e. The summed E-state index contributed by atoms with van der Waals surface area (Å²) < 4.78 is 7.00. The van der Waals surface area contributed by atoms with Gasteiger partial charge in [-0.1, -0.05) is 25.3 Å². The highest BCUT2D eigenvalue weighted by atomic mass is 16.4. The molecule has 2 aromatic rings. The molecule has 0 saturated heterocycles. The van der Waals surface area contributed by atoms with Crippen LogP contribution in [0.25, 0.3) is 11.1 Å². The average Bonchev–Trinajstić information content (AvgIpc) is 2.74. The van der Waals surface area contributed by atoms with E-state index >= 15 is 0 Å². The summed E-state index contributed by atoms with van der Waals surface area (Å²) in [6.45, 7) is 3.98. The topological polar surface area (TPSA) is 61.2 Å². The van der Waals surface area contributed by atoms with Gasteiger partial charge in [-0.3, -0.25) is 4.57 Å². The van der Waals surface area contributed by atoms with E-state index in [9.17, 15) is 4.79 Å². The molecule has 1 aliphatic rings. The second kappa shape index (κ2) is 4.77. The molecule has 1 aromatic carbocycles. The van der Waals surface area contributed by atoms with E-state index < -0.39 is 0 Å². The molecule has 0 amide bonds. The second-order valence-electron chi connectivity index (χ2n) is 6.23. The smallest absolute Gasteiger partial charge is 0.408 e. The number of rotatable bonds is 2. The molecule has 0 radical (unpaired) electrons. The highest BCUT2D eigenvalue weighted by Gasteiger charge is 2.30. The average molecular weight is 274 g/mol. The number of aromatic nitrogens is 1. The molecule has 0 bridgehead atoms. The Balaban J connectivity index is 2.14. The molecule has 0 atom stereocenters. The maximum atomic E-state index is 11.9. The third-order valence-corrected chi connectivity index (χ3v) is 4.45. The molecule has 2 N–H and O–H groups in total. The SMILES string of the molecule is CC(C)n1c(=O)oc2ccc(C3(N)CCCCC3)cc21. The minimum atomic E-state index is -0.290. The Morgan fingerprint density at radius 2 is 1.95 bits per heavy atom. The zero-order valence-corrected chi connectivity index (χ0v) is 12.2. The van der Waals surface area contributed by atoms with Crippen molar-refractivity contribution in [3.63, 3.8) is 0 Å². The number of oxazole rings is 1. The highest BCUT2D eigenvalue weighted by molar-refractivity contribution is 5.74. The predicted molar refractivity (Wildman–Crippen MR) is 79.8 cm³/mol. The fourth-order valence-corrected chi connectivity index (χ4v) is 3.30. The molecule has 1 fully saturated rings. The quantitative estimate of drug-likeness (QED) is 0.914. The first-order valence-electron chi connectivity index (χ1n) is 7.46. The number of hydrogen-bond acceptors (Lipinski definition) is 3. The summed E-state index contributed by atoms with van der Waals surface area (Å²) >= 11 is 0. The monoisotopic (exact) mass is 274 g/mol. The van der Waals surface area contributed by atoms with Gasteiger partial charge in [-0.15, -0.1) is 0 Å². The van der Waals surface area contributed by atoms with Crippen molar-refractivity contribution >= 4 is 11.1 Å². The van der Waals surface area contributed by atoms with Crippen LogP contribution in [0.4, 0.5) is 0 Å². The van der Waals surface area contributed by atoms with Crippen LogP contribution >= 0.6 is 0 Å². The van der Waals surface area contributed by atoms with Crippen LogP contribution in [0.3, 0.4) is 0 Å². The van der Waals surface area contributed by atoms with Crippen molar-refractivity contribution in [1.29, 1.82) is 0 Å². The lowest BCUT2D eigenvalue weighted by molar-refractivity contribution is 0.302. The summed E-state index contributed by atoms with van der Waals surface area (Å²) in [6, 6.07) is 6.03. The fourth-order valence-electron chi connectivity index (χ4n) is 3.30. The summed E-state index contributed by atoms with van der Waals surface area (Å²) in [4.78, 5) is 11.9. The molecule has 4 heteroatoms. The zero-order chi connectivity index (χ0) is 14.3. The van der Waals surface area contributed by atoms with Gasteiger partial charge in [0.1, 0.15) is 0 Å². The van der Waals surface area contributed by atoms with Gasteiger partial charge in [0.2, 0.25) is 0 Å². The van der Waals surface area contributed by atoms with Crippen LogP contribution in [-0.4, -0.2) is 4.57 Å². The van der Waals surface area contributed by atoms with Crippen molar-refractivity contribution in [3.8, 4) is 0 Å². The molecule has 0 spiro atoms. The van der Waals surface area contributed by atoms with E-state index in [1.54, 1.807) is 4.57 Å². The number of nitrogens with zero attached hydrogens (tertiary/aromatic N) is 1. The summed E-state index contributed by atoms with van der Waals surface area (Å²) in [6.07, 6.45) is 5.65. The fraction of sp³-hybridized carbons (Fsp3) is 0.562.